The zero-order valence-electron chi connectivity index (χ0n) is 12.2. The van der Waals surface area contributed by atoms with Crippen molar-refractivity contribution in [3.8, 4) is 0 Å². The highest BCUT2D eigenvalue weighted by molar-refractivity contribution is 7.89. The van der Waals surface area contributed by atoms with Crippen LogP contribution in [0.15, 0.2) is 52.0 Å². The van der Waals surface area contributed by atoms with E-state index in [9.17, 15) is 8.42 Å². The van der Waals surface area contributed by atoms with Crippen molar-refractivity contribution in [2.45, 2.75) is 38.5 Å². The van der Waals surface area contributed by atoms with Crippen molar-refractivity contribution in [3.63, 3.8) is 0 Å². The van der Waals surface area contributed by atoms with Crippen LogP contribution < -0.4 is 4.72 Å². The van der Waals surface area contributed by atoms with Gasteiger partial charge in [0.1, 0.15) is 0 Å². The summed E-state index contributed by atoms with van der Waals surface area (Å²) in [6, 6.07) is 6.90. The van der Waals surface area contributed by atoms with Crippen LogP contribution >= 0.6 is 0 Å². The molecule has 0 spiro atoms. The Hall–Kier alpha value is -1.39. The second-order valence-electron chi connectivity index (χ2n) is 5.44. The van der Waals surface area contributed by atoms with Crippen LogP contribution in [0, 0.1) is 6.92 Å². The van der Waals surface area contributed by atoms with E-state index in [1.807, 2.05) is 19.1 Å². The van der Waals surface area contributed by atoms with Gasteiger partial charge in [-0.05, 0) is 45.7 Å². The summed E-state index contributed by atoms with van der Waals surface area (Å²) in [5.41, 5.74) is 4.92. The van der Waals surface area contributed by atoms with E-state index < -0.39 is 10.0 Å². The molecule has 3 nitrogen and oxygen atoms in total. The molecule has 0 fully saturated rings. The fraction of sp³-hybridized carbons (Fsp3) is 0.375. The number of sulfonamides is 1. The normalized spacial score (nSPS) is 16.2. The molecule has 0 saturated carbocycles. The summed E-state index contributed by atoms with van der Waals surface area (Å²) in [7, 11) is -3.41. The van der Waals surface area contributed by atoms with E-state index >= 15 is 0 Å². The average Bonchev–Trinajstić information content (AvgIpc) is 2.41. The van der Waals surface area contributed by atoms with Gasteiger partial charge in [-0.2, -0.15) is 0 Å². The van der Waals surface area contributed by atoms with Gasteiger partial charge in [-0.15, -0.1) is 0 Å². The van der Waals surface area contributed by atoms with Gasteiger partial charge in [0.25, 0.3) is 0 Å². The molecule has 0 amide bonds. The van der Waals surface area contributed by atoms with Gasteiger partial charge < -0.3 is 0 Å². The van der Waals surface area contributed by atoms with Crippen LogP contribution in [0.3, 0.4) is 0 Å². The Morgan fingerprint density at radius 3 is 2.30 bits per heavy atom. The molecule has 4 heteroatoms. The molecule has 2 rings (SSSR count). The molecule has 0 bridgehead atoms. The van der Waals surface area contributed by atoms with E-state index in [2.05, 4.69) is 24.6 Å². The molecular weight excluding hydrogens is 270 g/mol. The first kappa shape index (κ1) is 15.0. The number of hydrogen-bond donors (Lipinski definition) is 1. The molecule has 1 aromatic rings. The lowest BCUT2D eigenvalue weighted by Gasteiger charge is -2.17. The third-order valence-corrected chi connectivity index (χ3v) is 5.16. The fourth-order valence-corrected chi connectivity index (χ4v) is 3.19. The van der Waals surface area contributed by atoms with Gasteiger partial charge in [0, 0.05) is 6.54 Å². The minimum Gasteiger partial charge on any atom is -0.207 e. The van der Waals surface area contributed by atoms with E-state index in [1.54, 1.807) is 12.1 Å². The summed E-state index contributed by atoms with van der Waals surface area (Å²) < 4.78 is 27.0. The topological polar surface area (TPSA) is 46.2 Å². The number of allylic oxidation sites excluding steroid dienone is 3. The predicted octanol–water partition coefficient (Wildman–Crippen LogP) is 3.33. The Morgan fingerprint density at radius 2 is 1.70 bits per heavy atom. The van der Waals surface area contributed by atoms with Crippen LogP contribution in [0.5, 0.6) is 0 Å². The van der Waals surface area contributed by atoms with E-state index in [0.717, 1.165) is 24.0 Å². The van der Waals surface area contributed by atoms with E-state index in [0.29, 0.717) is 11.4 Å². The molecule has 0 aliphatic heterocycles. The molecule has 0 radical (unpaired) electrons. The Bertz CT molecular complexity index is 652. The molecule has 1 N–H and O–H groups in total. The SMILES string of the molecule is CC1=C(C)CC(CNS(=O)(=O)c2ccc(C)cc2)=CC1. The van der Waals surface area contributed by atoms with Gasteiger partial charge in [0.2, 0.25) is 10.0 Å². The van der Waals surface area contributed by atoms with Crippen molar-refractivity contribution in [1.29, 1.82) is 0 Å². The average molecular weight is 291 g/mol. The largest absolute Gasteiger partial charge is 0.240 e. The smallest absolute Gasteiger partial charge is 0.207 e. The highest BCUT2D eigenvalue weighted by Crippen LogP contribution is 2.23. The van der Waals surface area contributed by atoms with E-state index in [4.69, 9.17) is 0 Å². The fourth-order valence-electron chi connectivity index (χ4n) is 2.16. The van der Waals surface area contributed by atoms with Crippen molar-refractivity contribution in [2.75, 3.05) is 6.54 Å². The van der Waals surface area contributed by atoms with Crippen LogP contribution in [0.2, 0.25) is 0 Å². The lowest BCUT2D eigenvalue weighted by Crippen LogP contribution is -2.26. The lowest BCUT2D eigenvalue weighted by molar-refractivity contribution is 0.584. The molecule has 1 aromatic carbocycles. The minimum atomic E-state index is -3.41. The summed E-state index contributed by atoms with van der Waals surface area (Å²) in [5, 5.41) is 0. The summed E-state index contributed by atoms with van der Waals surface area (Å²) in [4.78, 5) is 0.322. The van der Waals surface area contributed by atoms with Crippen molar-refractivity contribution < 1.29 is 8.42 Å². The second kappa shape index (κ2) is 5.94. The highest BCUT2D eigenvalue weighted by atomic mass is 32.2. The van der Waals surface area contributed by atoms with Gasteiger partial charge in [-0.3, -0.25) is 0 Å². The lowest BCUT2D eigenvalue weighted by atomic mass is 9.94. The van der Waals surface area contributed by atoms with Gasteiger partial charge in [0.05, 0.1) is 4.90 Å². The maximum atomic E-state index is 12.2. The maximum Gasteiger partial charge on any atom is 0.240 e. The highest BCUT2D eigenvalue weighted by Gasteiger charge is 2.15. The zero-order valence-corrected chi connectivity index (χ0v) is 13.0. The number of rotatable bonds is 4. The first-order valence-corrected chi connectivity index (χ1v) is 8.26. The second-order valence-corrected chi connectivity index (χ2v) is 7.21. The monoisotopic (exact) mass is 291 g/mol. The van der Waals surface area contributed by atoms with E-state index in [1.165, 1.54) is 11.1 Å². The molecular formula is C16H21NO2S. The van der Waals surface area contributed by atoms with Crippen LogP contribution in [-0.2, 0) is 10.0 Å². The molecule has 0 saturated heterocycles. The third-order valence-electron chi connectivity index (χ3n) is 3.74. The number of hydrogen-bond acceptors (Lipinski definition) is 2. The zero-order chi connectivity index (χ0) is 14.8. The maximum absolute atomic E-state index is 12.2. The van der Waals surface area contributed by atoms with Gasteiger partial charge in [-0.25, -0.2) is 13.1 Å². The van der Waals surface area contributed by atoms with Crippen molar-refractivity contribution in [1.82, 2.24) is 4.72 Å². The predicted molar refractivity (Wildman–Crippen MR) is 82.1 cm³/mol. The standard InChI is InChI=1S/C16H21NO2S/c1-12-4-8-16(9-5-12)20(18,19)17-11-15-7-6-13(2)14(3)10-15/h4-5,7-9,17H,6,10-11H2,1-3H3. The molecule has 1 aliphatic carbocycles. The molecule has 108 valence electrons. The van der Waals surface area contributed by atoms with Crippen molar-refractivity contribution in [3.05, 3.63) is 52.6 Å². The van der Waals surface area contributed by atoms with Crippen molar-refractivity contribution >= 4 is 10.0 Å². The Labute approximate surface area is 121 Å². The molecule has 1 aliphatic rings. The van der Waals surface area contributed by atoms with Gasteiger partial charge >= 0.3 is 0 Å². The van der Waals surface area contributed by atoms with Crippen molar-refractivity contribution in [2.24, 2.45) is 0 Å². The number of nitrogens with one attached hydrogen (secondary N) is 1. The summed E-state index contributed by atoms with van der Waals surface area (Å²) >= 11 is 0. The molecule has 20 heavy (non-hydrogen) atoms. The summed E-state index contributed by atoms with van der Waals surface area (Å²) in [6.07, 6.45) is 3.91. The Balaban J connectivity index is 2.02. The van der Waals surface area contributed by atoms with Gasteiger partial charge in [0.15, 0.2) is 0 Å². The molecule has 0 atom stereocenters. The van der Waals surface area contributed by atoms with Crippen LogP contribution in [-0.4, -0.2) is 15.0 Å². The molecule has 0 aromatic heterocycles. The third kappa shape index (κ3) is 3.58. The molecule has 0 heterocycles. The number of benzene rings is 1. The van der Waals surface area contributed by atoms with Gasteiger partial charge in [-0.1, -0.05) is 40.5 Å². The first-order valence-electron chi connectivity index (χ1n) is 6.78. The first-order chi connectivity index (χ1) is 9.38. The Morgan fingerprint density at radius 1 is 1.05 bits per heavy atom. The van der Waals surface area contributed by atoms with Crippen LogP contribution in [0.4, 0.5) is 0 Å². The van der Waals surface area contributed by atoms with E-state index in [-0.39, 0.29) is 0 Å². The summed E-state index contributed by atoms with van der Waals surface area (Å²) in [5.74, 6) is 0. The van der Waals surface area contributed by atoms with Crippen LogP contribution in [0.25, 0.3) is 0 Å². The molecule has 0 unspecified atom stereocenters. The Kier molecular flexibility index (Phi) is 4.45. The summed E-state index contributed by atoms with van der Waals surface area (Å²) in [6.45, 7) is 6.56. The minimum absolute atomic E-state index is 0.322. The quantitative estimate of drug-likeness (QED) is 0.865. The number of aryl methyl sites for hydroxylation is 1. The van der Waals surface area contributed by atoms with Crippen LogP contribution in [0.1, 0.15) is 32.3 Å².